The van der Waals surface area contributed by atoms with Gasteiger partial charge in [-0.1, -0.05) is 33.8 Å². The second-order valence-corrected chi connectivity index (χ2v) is 11.6. The van der Waals surface area contributed by atoms with E-state index in [2.05, 4.69) is 36.5 Å². The molecule has 1 saturated heterocycles. The van der Waals surface area contributed by atoms with Gasteiger partial charge in [0.25, 0.3) is 15.9 Å². The molecule has 2 aromatic heterocycles. The van der Waals surface area contributed by atoms with Crippen LogP contribution < -0.4 is 15.4 Å². The van der Waals surface area contributed by atoms with Gasteiger partial charge in [0.2, 0.25) is 0 Å². The van der Waals surface area contributed by atoms with Gasteiger partial charge in [0.1, 0.15) is 17.7 Å². The number of hydrogen-bond acceptors (Lipinski definition) is 8. The molecule has 0 aromatic carbocycles. The Morgan fingerprint density at radius 2 is 1.97 bits per heavy atom. The SMILES string of the molecule is CC1CCN(c2nc(C(C)(C)C)c(C#N)cc2C(=O)NS(=O)(=O)c2cccc(N)n2)C1(C)C. The van der Waals surface area contributed by atoms with Crippen LogP contribution in [0.2, 0.25) is 0 Å². The highest BCUT2D eigenvalue weighted by molar-refractivity contribution is 7.90. The van der Waals surface area contributed by atoms with Crippen molar-refractivity contribution in [2.45, 2.75) is 63.9 Å². The van der Waals surface area contributed by atoms with Gasteiger partial charge < -0.3 is 10.6 Å². The summed E-state index contributed by atoms with van der Waals surface area (Å²) in [5, 5.41) is 9.38. The monoisotopic (exact) mass is 470 g/mol. The second-order valence-electron chi connectivity index (χ2n) is 9.95. The quantitative estimate of drug-likeness (QED) is 0.694. The first-order valence-electron chi connectivity index (χ1n) is 10.7. The maximum atomic E-state index is 13.3. The van der Waals surface area contributed by atoms with Gasteiger partial charge in [-0.25, -0.2) is 14.7 Å². The first-order chi connectivity index (χ1) is 15.2. The fraction of sp³-hybridized carbons (Fsp3) is 0.478. The van der Waals surface area contributed by atoms with Crippen molar-refractivity contribution in [3.05, 3.63) is 41.1 Å². The molecule has 3 heterocycles. The summed E-state index contributed by atoms with van der Waals surface area (Å²) in [5.74, 6) is -0.179. The zero-order valence-corrected chi connectivity index (χ0v) is 20.6. The lowest BCUT2D eigenvalue weighted by Crippen LogP contribution is -2.44. The van der Waals surface area contributed by atoms with E-state index in [-0.39, 0.29) is 27.5 Å². The maximum absolute atomic E-state index is 13.3. The molecule has 176 valence electrons. The molecular formula is C23H30N6O3S. The number of nitriles is 1. The zero-order valence-electron chi connectivity index (χ0n) is 19.8. The molecule has 0 radical (unpaired) electrons. The van der Waals surface area contributed by atoms with Crippen molar-refractivity contribution in [1.29, 1.82) is 5.26 Å². The first kappa shape index (κ1) is 24.5. The molecule has 10 heteroatoms. The molecule has 1 fully saturated rings. The fourth-order valence-corrected chi connectivity index (χ4v) is 4.89. The molecule has 33 heavy (non-hydrogen) atoms. The molecule has 1 amide bonds. The Balaban J connectivity index is 2.16. The molecule has 0 aliphatic carbocycles. The summed E-state index contributed by atoms with van der Waals surface area (Å²) in [6.45, 7) is 12.7. The molecule has 3 rings (SSSR count). The van der Waals surface area contributed by atoms with Gasteiger partial charge in [0, 0.05) is 17.5 Å². The molecule has 0 saturated carbocycles. The van der Waals surface area contributed by atoms with Crippen molar-refractivity contribution < 1.29 is 13.2 Å². The first-order valence-corrected chi connectivity index (χ1v) is 12.2. The minimum atomic E-state index is -4.29. The van der Waals surface area contributed by atoms with Gasteiger partial charge in [0.15, 0.2) is 5.03 Å². The minimum absolute atomic E-state index is 0.0155. The van der Waals surface area contributed by atoms with Crippen LogP contribution in [0.1, 0.15) is 69.6 Å². The van der Waals surface area contributed by atoms with Crippen molar-refractivity contribution in [3.8, 4) is 6.07 Å². The van der Waals surface area contributed by atoms with Gasteiger partial charge in [-0.15, -0.1) is 0 Å². The molecule has 3 N–H and O–H groups in total. The van der Waals surface area contributed by atoms with E-state index in [9.17, 15) is 18.5 Å². The third-order valence-corrected chi connectivity index (χ3v) is 7.50. The summed E-state index contributed by atoms with van der Waals surface area (Å²) >= 11 is 0. The van der Waals surface area contributed by atoms with E-state index in [1.165, 1.54) is 24.3 Å². The number of nitrogens with one attached hydrogen (secondary N) is 1. The number of pyridine rings is 2. The van der Waals surface area contributed by atoms with E-state index in [4.69, 9.17) is 10.7 Å². The summed E-state index contributed by atoms with van der Waals surface area (Å²) in [6, 6.07) is 7.67. The van der Waals surface area contributed by atoms with Crippen LogP contribution in [0.5, 0.6) is 0 Å². The molecule has 0 spiro atoms. The predicted molar refractivity (Wildman–Crippen MR) is 126 cm³/mol. The average molecular weight is 471 g/mol. The Labute approximate surface area is 195 Å². The number of aromatic nitrogens is 2. The van der Waals surface area contributed by atoms with Crippen LogP contribution in [-0.4, -0.2) is 36.4 Å². The summed E-state index contributed by atoms with van der Waals surface area (Å²) in [5.41, 5.74) is 5.62. The van der Waals surface area contributed by atoms with Crippen LogP contribution in [0.3, 0.4) is 0 Å². The molecule has 1 atom stereocenters. The Morgan fingerprint density at radius 1 is 1.30 bits per heavy atom. The largest absolute Gasteiger partial charge is 0.384 e. The number of hydrogen-bond donors (Lipinski definition) is 2. The summed E-state index contributed by atoms with van der Waals surface area (Å²) in [7, 11) is -4.29. The third kappa shape index (κ3) is 4.64. The van der Waals surface area contributed by atoms with Crippen molar-refractivity contribution in [3.63, 3.8) is 0 Å². The lowest BCUT2D eigenvalue weighted by molar-refractivity contribution is 0.0981. The number of sulfonamides is 1. The fourth-order valence-electron chi connectivity index (χ4n) is 3.95. The zero-order chi connectivity index (χ0) is 24.8. The number of nitrogen functional groups attached to an aromatic ring is 1. The van der Waals surface area contributed by atoms with E-state index >= 15 is 0 Å². The maximum Gasteiger partial charge on any atom is 0.281 e. The summed E-state index contributed by atoms with van der Waals surface area (Å²) in [6.07, 6.45) is 0.895. The van der Waals surface area contributed by atoms with Crippen molar-refractivity contribution in [1.82, 2.24) is 14.7 Å². The molecule has 9 nitrogen and oxygen atoms in total. The molecule has 1 unspecified atom stereocenters. The van der Waals surface area contributed by atoms with Gasteiger partial charge in [0.05, 0.1) is 16.8 Å². The van der Waals surface area contributed by atoms with Crippen LogP contribution >= 0.6 is 0 Å². The van der Waals surface area contributed by atoms with E-state index in [1.807, 2.05) is 25.7 Å². The van der Waals surface area contributed by atoms with Crippen molar-refractivity contribution in [2.75, 3.05) is 17.2 Å². The van der Waals surface area contributed by atoms with E-state index in [1.54, 1.807) is 0 Å². The molecule has 2 aromatic rings. The van der Waals surface area contributed by atoms with E-state index in [0.29, 0.717) is 24.0 Å². The minimum Gasteiger partial charge on any atom is -0.384 e. The Kier molecular flexibility index (Phi) is 6.15. The number of carbonyl (C=O) groups is 1. The van der Waals surface area contributed by atoms with E-state index < -0.39 is 21.3 Å². The molecule has 1 aliphatic heterocycles. The second kappa shape index (κ2) is 8.30. The lowest BCUT2D eigenvalue weighted by Gasteiger charge is -2.37. The number of nitrogens with zero attached hydrogens (tertiary/aromatic N) is 4. The highest BCUT2D eigenvalue weighted by Crippen LogP contribution is 2.40. The van der Waals surface area contributed by atoms with Gasteiger partial charge >= 0.3 is 0 Å². The molecule has 0 bridgehead atoms. The standard InChI is InChI=1S/C23H30N6O3S/c1-14-10-11-29(23(14,5)6)20-16(12-15(13-24)19(27-20)22(2,3)4)21(30)28-33(31,32)18-9-7-8-17(25)26-18/h7-9,12,14H,10-11H2,1-6H3,(H2,25,26)(H,28,30). The summed E-state index contributed by atoms with van der Waals surface area (Å²) < 4.78 is 27.7. The van der Waals surface area contributed by atoms with E-state index in [0.717, 1.165) is 6.42 Å². The third-order valence-electron chi connectivity index (χ3n) is 6.27. The van der Waals surface area contributed by atoms with Crippen LogP contribution in [0, 0.1) is 17.2 Å². The number of amides is 1. The van der Waals surface area contributed by atoms with Crippen LogP contribution in [0.25, 0.3) is 0 Å². The topological polar surface area (TPSA) is 142 Å². The lowest BCUT2D eigenvalue weighted by atomic mass is 9.87. The normalized spacial score (nSPS) is 18.1. The molecular weight excluding hydrogens is 440 g/mol. The number of carbonyl (C=O) groups excluding carboxylic acids is 1. The Morgan fingerprint density at radius 3 is 2.48 bits per heavy atom. The summed E-state index contributed by atoms with van der Waals surface area (Å²) in [4.78, 5) is 23.9. The predicted octanol–water partition coefficient (Wildman–Crippen LogP) is 2.97. The average Bonchev–Trinajstić information content (AvgIpc) is 2.98. The highest BCUT2D eigenvalue weighted by atomic mass is 32.2. The van der Waals surface area contributed by atoms with Gasteiger partial charge in [-0.2, -0.15) is 13.7 Å². The molecule has 1 aliphatic rings. The van der Waals surface area contributed by atoms with Crippen molar-refractivity contribution >= 4 is 27.6 Å². The van der Waals surface area contributed by atoms with Gasteiger partial charge in [-0.3, -0.25) is 4.79 Å². The van der Waals surface area contributed by atoms with Crippen LogP contribution in [0.4, 0.5) is 11.6 Å². The van der Waals surface area contributed by atoms with Gasteiger partial charge in [-0.05, 0) is 44.4 Å². The Bertz CT molecular complexity index is 1240. The van der Waals surface area contributed by atoms with Crippen molar-refractivity contribution in [2.24, 2.45) is 5.92 Å². The smallest absolute Gasteiger partial charge is 0.281 e. The number of nitrogens with two attached hydrogens (primary N) is 1. The number of anilines is 2. The van der Waals surface area contributed by atoms with Crippen LogP contribution in [0.15, 0.2) is 29.3 Å². The highest BCUT2D eigenvalue weighted by Gasteiger charge is 2.41. The van der Waals surface area contributed by atoms with Crippen LogP contribution in [-0.2, 0) is 15.4 Å². The Hall–Kier alpha value is -3.19. The number of rotatable bonds is 4.